The minimum Gasteiger partial charge on any atom is -0.384 e. The summed E-state index contributed by atoms with van der Waals surface area (Å²) in [4.78, 5) is 3.74. The molecule has 0 saturated carbocycles. The largest absolute Gasteiger partial charge is 0.384 e. The summed E-state index contributed by atoms with van der Waals surface area (Å²) in [5.74, 6) is 0.170. The highest BCUT2D eigenvalue weighted by atomic mass is 35.5. The van der Waals surface area contributed by atoms with Gasteiger partial charge in [-0.15, -0.1) is 11.6 Å². The fourth-order valence-electron chi connectivity index (χ4n) is 1.18. The van der Waals surface area contributed by atoms with Crippen molar-refractivity contribution in [2.24, 2.45) is 0 Å². The first-order valence-electron chi connectivity index (χ1n) is 3.66. The monoisotopic (exact) mass is 206 g/mol. The zero-order valence-corrected chi connectivity index (χ0v) is 7.78. The molecule has 1 heterocycles. The lowest BCUT2D eigenvalue weighted by Crippen LogP contribution is -2.03. The highest BCUT2D eigenvalue weighted by Gasteiger charge is 2.17. The zero-order valence-electron chi connectivity index (χ0n) is 7.02. The van der Waals surface area contributed by atoms with E-state index >= 15 is 0 Å². The number of halogens is 3. The molecule has 2 N–H and O–H groups in total. The molecule has 0 amide bonds. The second-order valence-corrected chi connectivity index (χ2v) is 2.93. The maximum absolute atomic E-state index is 12.5. The quantitative estimate of drug-likeness (QED) is 0.756. The summed E-state index contributed by atoms with van der Waals surface area (Å²) >= 11 is 5.47. The number of aryl methyl sites for hydroxylation is 1. The van der Waals surface area contributed by atoms with Gasteiger partial charge in [0.05, 0.1) is 11.6 Å². The number of hydrogen-bond donors (Lipinski definition) is 1. The third-order valence-corrected chi connectivity index (χ3v) is 1.96. The number of aromatic nitrogens is 1. The third-order valence-electron chi connectivity index (χ3n) is 1.71. The number of nitrogen functional groups attached to an aromatic ring is 1. The van der Waals surface area contributed by atoms with E-state index in [1.165, 1.54) is 6.07 Å². The van der Waals surface area contributed by atoms with Crippen LogP contribution >= 0.6 is 11.6 Å². The topological polar surface area (TPSA) is 38.9 Å². The Bertz CT molecular complexity index is 315. The van der Waals surface area contributed by atoms with Crippen LogP contribution in [-0.2, 0) is 5.88 Å². The molecule has 0 unspecified atom stereocenters. The third kappa shape index (κ3) is 2.06. The smallest absolute Gasteiger partial charge is 0.265 e. The molecule has 5 heteroatoms. The van der Waals surface area contributed by atoms with Crippen LogP contribution in [0.1, 0.15) is 23.2 Å². The van der Waals surface area contributed by atoms with E-state index in [1.54, 1.807) is 6.92 Å². The van der Waals surface area contributed by atoms with Gasteiger partial charge in [0.1, 0.15) is 5.82 Å². The Labute approximate surface area is 79.7 Å². The van der Waals surface area contributed by atoms with E-state index < -0.39 is 6.43 Å². The summed E-state index contributed by atoms with van der Waals surface area (Å²) in [7, 11) is 0. The van der Waals surface area contributed by atoms with Crippen LogP contribution in [0.2, 0.25) is 0 Å². The van der Waals surface area contributed by atoms with Crippen molar-refractivity contribution < 1.29 is 8.78 Å². The fraction of sp³-hybridized carbons (Fsp3) is 0.375. The van der Waals surface area contributed by atoms with Crippen LogP contribution in [-0.4, -0.2) is 4.98 Å². The van der Waals surface area contributed by atoms with Crippen molar-refractivity contribution in [1.82, 2.24) is 4.98 Å². The van der Waals surface area contributed by atoms with Gasteiger partial charge < -0.3 is 5.73 Å². The van der Waals surface area contributed by atoms with Gasteiger partial charge in [0.15, 0.2) is 0 Å². The second-order valence-electron chi connectivity index (χ2n) is 2.66. The number of pyridine rings is 1. The number of hydrogen-bond acceptors (Lipinski definition) is 2. The van der Waals surface area contributed by atoms with Crippen LogP contribution in [0.25, 0.3) is 0 Å². The van der Waals surface area contributed by atoms with Gasteiger partial charge >= 0.3 is 0 Å². The number of alkyl halides is 3. The first-order chi connectivity index (χ1) is 6.06. The SMILES string of the molecule is Cc1cc(N)nc(CCl)c1C(F)F. The van der Waals surface area contributed by atoms with Gasteiger partial charge in [0.25, 0.3) is 6.43 Å². The van der Waals surface area contributed by atoms with Crippen LogP contribution in [0.15, 0.2) is 6.07 Å². The Balaban J connectivity index is 3.30. The van der Waals surface area contributed by atoms with Gasteiger partial charge in [0, 0.05) is 5.56 Å². The number of rotatable bonds is 2. The van der Waals surface area contributed by atoms with E-state index in [0.717, 1.165) is 0 Å². The predicted molar refractivity (Wildman–Crippen MR) is 47.9 cm³/mol. The molecule has 0 spiro atoms. The summed E-state index contributed by atoms with van der Waals surface area (Å²) in [6.45, 7) is 1.57. The molecule has 0 aliphatic carbocycles. The molecule has 0 atom stereocenters. The van der Waals surface area contributed by atoms with Crippen molar-refractivity contribution in [3.05, 3.63) is 22.9 Å². The van der Waals surface area contributed by atoms with E-state index in [-0.39, 0.29) is 23.0 Å². The van der Waals surface area contributed by atoms with Crippen LogP contribution < -0.4 is 5.73 Å². The lowest BCUT2D eigenvalue weighted by Gasteiger charge is -2.09. The molecule has 1 aromatic heterocycles. The normalized spacial score (nSPS) is 10.8. The number of nitrogens with zero attached hydrogens (tertiary/aromatic N) is 1. The van der Waals surface area contributed by atoms with Gasteiger partial charge in [-0.1, -0.05) is 0 Å². The average Bonchev–Trinajstić information content (AvgIpc) is 2.01. The van der Waals surface area contributed by atoms with Crippen molar-refractivity contribution in [2.75, 3.05) is 5.73 Å². The number of nitrogens with two attached hydrogens (primary N) is 1. The van der Waals surface area contributed by atoms with Crippen LogP contribution in [0.4, 0.5) is 14.6 Å². The summed E-state index contributed by atoms with van der Waals surface area (Å²) < 4.78 is 24.9. The highest BCUT2D eigenvalue weighted by molar-refractivity contribution is 6.17. The molecule has 0 radical (unpaired) electrons. The molecule has 1 aromatic rings. The number of anilines is 1. The molecule has 1 rings (SSSR count). The molecule has 0 saturated heterocycles. The predicted octanol–water partition coefficient (Wildman–Crippen LogP) is 2.65. The lowest BCUT2D eigenvalue weighted by molar-refractivity contribution is 0.149. The molecule has 72 valence electrons. The van der Waals surface area contributed by atoms with E-state index in [2.05, 4.69) is 4.98 Å². The minimum atomic E-state index is -2.55. The maximum atomic E-state index is 12.5. The van der Waals surface area contributed by atoms with E-state index in [0.29, 0.717) is 5.56 Å². The maximum Gasteiger partial charge on any atom is 0.265 e. The first-order valence-corrected chi connectivity index (χ1v) is 4.19. The standard InChI is InChI=1S/C8H9ClF2N2/c1-4-2-6(12)13-5(3-9)7(4)8(10)11/h2,8H,3H2,1H3,(H2,12,13). The molecule has 0 bridgehead atoms. The molecule has 13 heavy (non-hydrogen) atoms. The van der Waals surface area contributed by atoms with Crippen molar-refractivity contribution in [3.8, 4) is 0 Å². The molecule has 0 fully saturated rings. The van der Waals surface area contributed by atoms with Crippen LogP contribution in [0, 0.1) is 6.92 Å². The second kappa shape index (κ2) is 3.87. The van der Waals surface area contributed by atoms with Crippen molar-refractivity contribution in [3.63, 3.8) is 0 Å². The van der Waals surface area contributed by atoms with Gasteiger partial charge in [-0.25, -0.2) is 13.8 Å². The van der Waals surface area contributed by atoms with Gasteiger partial charge in [-0.05, 0) is 18.6 Å². The van der Waals surface area contributed by atoms with E-state index in [1.807, 2.05) is 0 Å². The summed E-state index contributed by atoms with van der Waals surface area (Å²) in [6, 6.07) is 1.41. The zero-order chi connectivity index (χ0) is 10.0. The molecule has 0 aliphatic heterocycles. The Morgan fingerprint density at radius 3 is 2.69 bits per heavy atom. The lowest BCUT2D eigenvalue weighted by atomic mass is 10.1. The molecule has 0 aliphatic rings. The van der Waals surface area contributed by atoms with E-state index in [4.69, 9.17) is 17.3 Å². The van der Waals surface area contributed by atoms with Crippen molar-refractivity contribution in [2.45, 2.75) is 19.2 Å². The Morgan fingerprint density at radius 1 is 1.62 bits per heavy atom. The minimum absolute atomic E-state index is 0.0500. The van der Waals surface area contributed by atoms with Gasteiger partial charge in [0.2, 0.25) is 0 Å². The molecule has 2 nitrogen and oxygen atoms in total. The Kier molecular flexibility index (Phi) is 3.03. The van der Waals surface area contributed by atoms with Crippen LogP contribution in [0.5, 0.6) is 0 Å². The fourth-order valence-corrected chi connectivity index (χ4v) is 1.38. The molecule has 0 aromatic carbocycles. The van der Waals surface area contributed by atoms with Gasteiger partial charge in [-0.2, -0.15) is 0 Å². The average molecular weight is 207 g/mol. The van der Waals surface area contributed by atoms with Crippen molar-refractivity contribution >= 4 is 17.4 Å². The Hall–Kier alpha value is -0.900. The van der Waals surface area contributed by atoms with Crippen LogP contribution in [0.3, 0.4) is 0 Å². The summed E-state index contributed by atoms with van der Waals surface area (Å²) in [5.41, 5.74) is 5.87. The molecular formula is C8H9ClF2N2. The first kappa shape index (κ1) is 10.2. The van der Waals surface area contributed by atoms with Gasteiger partial charge in [-0.3, -0.25) is 0 Å². The summed E-state index contributed by atoms with van der Waals surface area (Å²) in [6.07, 6.45) is -2.55. The molecular weight excluding hydrogens is 198 g/mol. The summed E-state index contributed by atoms with van der Waals surface area (Å²) in [5, 5.41) is 0. The van der Waals surface area contributed by atoms with E-state index in [9.17, 15) is 8.78 Å². The Morgan fingerprint density at radius 2 is 2.23 bits per heavy atom. The highest BCUT2D eigenvalue weighted by Crippen LogP contribution is 2.27. The van der Waals surface area contributed by atoms with Crippen molar-refractivity contribution in [1.29, 1.82) is 0 Å².